The van der Waals surface area contributed by atoms with E-state index in [1.54, 1.807) is 18.2 Å². The molecule has 1 fully saturated rings. The van der Waals surface area contributed by atoms with Crippen LogP contribution in [0.2, 0.25) is 0 Å². The monoisotopic (exact) mass is 340 g/mol. The van der Waals surface area contributed by atoms with Crippen LogP contribution in [0.1, 0.15) is 42.5 Å². The van der Waals surface area contributed by atoms with Crippen LogP contribution in [0.3, 0.4) is 0 Å². The van der Waals surface area contributed by atoms with Crippen molar-refractivity contribution in [3.05, 3.63) is 29.8 Å². The predicted octanol–water partition coefficient (Wildman–Crippen LogP) is 1.88. The van der Waals surface area contributed by atoms with Crippen molar-refractivity contribution in [2.45, 2.75) is 32.1 Å². The van der Waals surface area contributed by atoms with Gasteiger partial charge in [-0.3, -0.25) is 14.3 Å². The van der Waals surface area contributed by atoms with Gasteiger partial charge in [-0.15, -0.1) is 0 Å². The number of nitrogens with one attached hydrogen (secondary N) is 1. The van der Waals surface area contributed by atoms with Crippen molar-refractivity contribution in [3.8, 4) is 0 Å². The number of nitrogens with zero attached hydrogens (tertiary/aromatic N) is 1. The number of carboxylic acids is 1. The number of hydrogen-bond acceptors (Lipinski definition) is 4. The molecule has 0 radical (unpaired) electrons. The summed E-state index contributed by atoms with van der Waals surface area (Å²) in [6, 6.07) is 6.12. The largest absolute Gasteiger partial charge is 0.481 e. The molecule has 0 bridgehead atoms. The minimum atomic E-state index is -3.63. The zero-order valence-corrected chi connectivity index (χ0v) is 13.5. The Hall–Kier alpha value is -1.93. The molecule has 7 nitrogen and oxygen atoms in total. The van der Waals surface area contributed by atoms with E-state index in [2.05, 4.69) is 4.72 Å². The number of hydrogen-bond donors (Lipinski definition) is 2. The van der Waals surface area contributed by atoms with E-state index in [1.165, 1.54) is 10.4 Å². The lowest BCUT2D eigenvalue weighted by molar-refractivity contribution is -0.136. The molecule has 0 spiro atoms. The normalized spacial score (nSPS) is 16.0. The van der Waals surface area contributed by atoms with Gasteiger partial charge in [0.1, 0.15) is 0 Å². The molecule has 0 saturated carbocycles. The minimum Gasteiger partial charge on any atom is -0.481 e. The molecule has 1 heterocycles. The van der Waals surface area contributed by atoms with Crippen LogP contribution in [0.4, 0.5) is 5.69 Å². The number of carbonyl (C=O) groups is 2. The van der Waals surface area contributed by atoms with Gasteiger partial charge in [0, 0.05) is 25.1 Å². The molecule has 2 N–H and O–H groups in total. The number of anilines is 1. The molecule has 1 aromatic carbocycles. The number of carboxylic acid groups (broad SMARTS) is 1. The Labute approximate surface area is 135 Å². The number of piperidine rings is 1. The first-order chi connectivity index (χ1) is 10.9. The van der Waals surface area contributed by atoms with E-state index in [0.717, 1.165) is 19.3 Å². The number of benzene rings is 1. The first-order valence-corrected chi connectivity index (χ1v) is 8.95. The first-order valence-electron chi connectivity index (χ1n) is 7.51. The molecule has 2 rings (SSSR count). The zero-order chi connectivity index (χ0) is 16.9. The molecule has 0 aliphatic carbocycles. The Morgan fingerprint density at radius 3 is 2.48 bits per heavy atom. The van der Waals surface area contributed by atoms with E-state index in [9.17, 15) is 18.0 Å². The summed E-state index contributed by atoms with van der Waals surface area (Å²) in [6.07, 6.45) is 2.35. The van der Waals surface area contributed by atoms with Gasteiger partial charge in [0.15, 0.2) is 5.78 Å². The topological polar surface area (TPSA) is 104 Å². The molecule has 126 valence electrons. The molecule has 1 aliphatic heterocycles. The zero-order valence-electron chi connectivity index (χ0n) is 12.7. The van der Waals surface area contributed by atoms with Gasteiger partial charge in [-0.05, 0) is 25.0 Å². The summed E-state index contributed by atoms with van der Waals surface area (Å²) in [7, 11) is -3.63. The van der Waals surface area contributed by atoms with Crippen LogP contribution in [0.5, 0.6) is 0 Å². The molecule has 23 heavy (non-hydrogen) atoms. The molecular formula is C15H20N2O5S. The SMILES string of the molecule is O=C(O)CCC(=O)c1cccc(NS(=O)(=O)N2CCCCC2)c1. The number of ketones is 1. The third kappa shape index (κ3) is 5.04. The van der Waals surface area contributed by atoms with Crippen molar-refractivity contribution in [1.29, 1.82) is 0 Å². The fourth-order valence-corrected chi connectivity index (χ4v) is 3.73. The van der Waals surface area contributed by atoms with Gasteiger partial charge in [-0.1, -0.05) is 18.6 Å². The molecular weight excluding hydrogens is 320 g/mol. The van der Waals surface area contributed by atoms with Crippen molar-refractivity contribution in [2.75, 3.05) is 17.8 Å². The van der Waals surface area contributed by atoms with Gasteiger partial charge in [-0.2, -0.15) is 12.7 Å². The highest BCUT2D eigenvalue weighted by atomic mass is 32.2. The van der Waals surface area contributed by atoms with E-state index in [-0.39, 0.29) is 18.6 Å². The van der Waals surface area contributed by atoms with Gasteiger partial charge >= 0.3 is 16.2 Å². The third-order valence-electron chi connectivity index (χ3n) is 3.65. The second-order valence-electron chi connectivity index (χ2n) is 5.46. The summed E-state index contributed by atoms with van der Waals surface area (Å²) >= 11 is 0. The van der Waals surface area contributed by atoms with Crippen LogP contribution in [0.25, 0.3) is 0 Å². The summed E-state index contributed by atoms with van der Waals surface area (Å²) in [5, 5.41) is 8.61. The van der Waals surface area contributed by atoms with Crippen LogP contribution >= 0.6 is 0 Å². The molecule has 0 unspecified atom stereocenters. The maximum Gasteiger partial charge on any atom is 0.303 e. The Kier molecular flexibility index (Phi) is 5.73. The van der Waals surface area contributed by atoms with Crippen LogP contribution in [0, 0.1) is 0 Å². The Bertz CT molecular complexity index is 681. The lowest BCUT2D eigenvalue weighted by Gasteiger charge is -2.26. The summed E-state index contributed by atoms with van der Waals surface area (Å²) in [5.74, 6) is -1.37. The first kappa shape index (κ1) is 17.4. The number of rotatable bonds is 7. The second-order valence-corrected chi connectivity index (χ2v) is 7.14. The van der Waals surface area contributed by atoms with E-state index in [1.807, 2.05) is 0 Å². The maximum atomic E-state index is 12.3. The Morgan fingerprint density at radius 1 is 1.13 bits per heavy atom. The summed E-state index contributed by atoms with van der Waals surface area (Å²) in [5.41, 5.74) is 0.599. The van der Waals surface area contributed by atoms with Gasteiger partial charge in [0.2, 0.25) is 0 Å². The fourth-order valence-electron chi connectivity index (χ4n) is 2.44. The third-order valence-corrected chi connectivity index (χ3v) is 5.19. The highest BCUT2D eigenvalue weighted by Crippen LogP contribution is 2.18. The quantitative estimate of drug-likeness (QED) is 0.738. The van der Waals surface area contributed by atoms with E-state index < -0.39 is 16.2 Å². The second kappa shape index (κ2) is 7.56. The fraction of sp³-hybridized carbons (Fsp3) is 0.467. The average molecular weight is 340 g/mol. The van der Waals surface area contributed by atoms with Crippen molar-refractivity contribution in [1.82, 2.24) is 4.31 Å². The smallest absolute Gasteiger partial charge is 0.303 e. The Morgan fingerprint density at radius 2 is 1.83 bits per heavy atom. The lowest BCUT2D eigenvalue weighted by atomic mass is 10.1. The van der Waals surface area contributed by atoms with E-state index in [0.29, 0.717) is 24.3 Å². The molecule has 0 atom stereocenters. The van der Waals surface area contributed by atoms with Crippen molar-refractivity contribution in [3.63, 3.8) is 0 Å². The van der Waals surface area contributed by atoms with Crippen LogP contribution in [-0.2, 0) is 15.0 Å². The predicted molar refractivity (Wildman–Crippen MR) is 85.6 cm³/mol. The van der Waals surface area contributed by atoms with Crippen molar-refractivity contribution in [2.24, 2.45) is 0 Å². The highest BCUT2D eigenvalue weighted by molar-refractivity contribution is 7.90. The van der Waals surface area contributed by atoms with Crippen LogP contribution in [-0.4, -0.2) is 42.7 Å². The molecule has 1 aromatic rings. The maximum absolute atomic E-state index is 12.3. The number of Topliss-reactive ketones (excluding diaryl/α,β-unsaturated/α-hetero) is 1. The summed E-state index contributed by atoms with van der Waals surface area (Å²) in [6.45, 7) is 0.985. The standard InChI is InChI=1S/C15H20N2O5S/c18-14(7-8-15(19)20)12-5-4-6-13(11-12)16-23(21,22)17-9-2-1-3-10-17/h4-6,11,16H,1-3,7-10H2,(H,19,20). The van der Waals surface area contributed by atoms with Crippen LogP contribution < -0.4 is 4.72 Å². The Balaban J connectivity index is 2.07. The van der Waals surface area contributed by atoms with Gasteiger partial charge < -0.3 is 5.11 Å². The highest BCUT2D eigenvalue weighted by Gasteiger charge is 2.23. The summed E-state index contributed by atoms with van der Waals surface area (Å²) in [4.78, 5) is 22.4. The van der Waals surface area contributed by atoms with Crippen molar-refractivity contribution >= 4 is 27.6 Å². The van der Waals surface area contributed by atoms with E-state index in [4.69, 9.17) is 5.11 Å². The molecule has 8 heteroatoms. The lowest BCUT2D eigenvalue weighted by Crippen LogP contribution is -2.39. The van der Waals surface area contributed by atoms with Crippen LogP contribution in [0.15, 0.2) is 24.3 Å². The molecule has 1 aliphatic rings. The van der Waals surface area contributed by atoms with E-state index >= 15 is 0 Å². The summed E-state index contributed by atoms with van der Waals surface area (Å²) < 4.78 is 28.5. The number of aliphatic carboxylic acids is 1. The van der Waals surface area contributed by atoms with Gasteiger partial charge in [-0.25, -0.2) is 0 Å². The molecule has 1 saturated heterocycles. The molecule has 0 aromatic heterocycles. The molecule has 0 amide bonds. The average Bonchev–Trinajstić information content (AvgIpc) is 2.53. The minimum absolute atomic E-state index is 0.113. The van der Waals surface area contributed by atoms with Crippen molar-refractivity contribution < 1.29 is 23.1 Å². The van der Waals surface area contributed by atoms with Gasteiger partial charge in [0.05, 0.1) is 12.1 Å². The number of carbonyl (C=O) groups excluding carboxylic acids is 1. The van der Waals surface area contributed by atoms with Gasteiger partial charge in [0.25, 0.3) is 0 Å².